The van der Waals surface area contributed by atoms with Crippen molar-refractivity contribution in [2.24, 2.45) is 0 Å². The van der Waals surface area contributed by atoms with Crippen molar-refractivity contribution < 1.29 is 14.3 Å². The molecule has 2 rings (SSSR count). The van der Waals surface area contributed by atoms with E-state index in [1.54, 1.807) is 25.3 Å². The molecule has 0 aromatic heterocycles. The molecule has 110 valence electrons. The Morgan fingerprint density at radius 3 is 2.43 bits per heavy atom. The highest BCUT2D eigenvalue weighted by Crippen LogP contribution is 2.30. The first-order valence-corrected chi connectivity index (χ1v) is 7.85. The molecule has 0 spiro atoms. The zero-order chi connectivity index (χ0) is 15.4. The molecule has 0 aliphatic carbocycles. The van der Waals surface area contributed by atoms with Crippen LogP contribution in [0.1, 0.15) is 22.8 Å². The fraction of sp³-hybridized carbons (Fsp3) is 0.188. The van der Waals surface area contributed by atoms with Crippen molar-refractivity contribution in [2.75, 3.05) is 7.11 Å². The second-order valence-electron chi connectivity index (χ2n) is 4.45. The van der Waals surface area contributed by atoms with Gasteiger partial charge in [-0.15, -0.1) is 0 Å². The minimum Gasteiger partial charge on any atom is -0.496 e. The minimum absolute atomic E-state index is 0.0173. The van der Waals surface area contributed by atoms with Crippen LogP contribution in [0.4, 0.5) is 0 Å². The van der Waals surface area contributed by atoms with E-state index in [9.17, 15) is 4.79 Å². The normalized spacial score (nSPS) is 10.3. The summed E-state index contributed by atoms with van der Waals surface area (Å²) in [6.45, 7) is 1.86. The molecule has 0 unspecified atom stereocenters. The number of carbonyl (C=O) groups excluding carboxylic acids is 1. The zero-order valence-corrected chi connectivity index (χ0v) is 14.8. The van der Waals surface area contributed by atoms with Gasteiger partial charge in [0, 0.05) is 15.6 Å². The number of methoxy groups -OCH3 is 1. The van der Waals surface area contributed by atoms with Gasteiger partial charge in [0.1, 0.15) is 18.1 Å². The van der Waals surface area contributed by atoms with E-state index >= 15 is 0 Å². The second kappa shape index (κ2) is 7.09. The molecule has 21 heavy (non-hydrogen) atoms. The van der Waals surface area contributed by atoms with E-state index in [1.807, 2.05) is 18.2 Å². The SMILES string of the molecule is COc1ccc(C(C)=O)cc1COc1ccc(Br)cc1Br. The number of rotatable bonds is 5. The van der Waals surface area contributed by atoms with Crippen LogP contribution in [0.15, 0.2) is 45.3 Å². The Kier molecular flexibility index (Phi) is 5.42. The van der Waals surface area contributed by atoms with Crippen LogP contribution in [-0.4, -0.2) is 12.9 Å². The Balaban J connectivity index is 2.22. The Labute approximate surface area is 140 Å². The Morgan fingerprint density at radius 1 is 1.10 bits per heavy atom. The van der Waals surface area contributed by atoms with Gasteiger partial charge in [0.05, 0.1) is 11.6 Å². The van der Waals surface area contributed by atoms with Gasteiger partial charge in [-0.3, -0.25) is 4.79 Å². The van der Waals surface area contributed by atoms with E-state index in [0.717, 1.165) is 20.3 Å². The smallest absolute Gasteiger partial charge is 0.159 e. The average molecular weight is 414 g/mol. The highest BCUT2D eigenvalue weighted by atomic mass is 79.9. The molecular formula is C16H14Br2O3. The molecule has 3 nitrogen and oxygen atoms in total. The van der Waals surface area contributed by atoms with Gasteiger partial charge in [0.2, 0.25) is 0 Å². The quantitative estimate of drug-likeness (QED) is 0.647. The van der Waals surface area contributed by atoms with Gasteiger partial charge >= 0.3 is 0 Å². The molecule has 5 heteroatoms. The number of Topliss-reactive ketones (excluding diaryl/α,β-unsaturated/α-hetero) is 1. The molecule has 0 amide bonds. The van der Waals surface area contributed by atoms with Gasteiger partial charge in [-0.1, -0.05) is 15.9 Å². The van der Waals surface area contributed by atoms with Crippen molar-refractivity contribution in [3.05, 3.63) is 56.5 Å². The molecule has 0 aliphatic heterocycles. The summed E-state index contributed by atoms with van der Waals surface area (Å²) < 4.78 is 12.9. The fourth-order valence-electron chi connectivity index (χ4n) is 1.86. The van der Waals surface area contributed by atoms with E-state index in [1.165, 1.54) is 6.92 Å². The van der Waals surface area contributed by atoms with Gasteiger partial charge in [0.15, 0.2) is 5.78 Å². The molecule has 0 atom stereocenters. The molecule has 0 radical (unpaired) electrons. The topological polar surface area (TPSA) is 35.5 Å². The summed E-state index contributed by atoms with van der Waals surface area (Å²) in [5.41, 5.74) is 1.48. The highest BCUT2D eigenvalue weighted by molar-refractivity contribution is 9.11. The third-order valence-electron chi connectivity index (χ3n) is 2.96. The summed E-state index contributed by atoms with van der Waals surface area (Å²) in [7, 11) is 1.60. The molecule has 2 aromatic carbocycles. The third-order valence-corrected chi connectivity index (χ3v) is 4.08. The number of ether oxygens (including phenoxy) is 2. The lowest BCUT2D eigenvalue weighted by molar-refractivity contribution is 0.101. The van der Waals surface area contributed by atoms with Gasteiger partial charge < -0.3 is 9.47 Å². The van der Waals surface area contributed by atoms with E-state index < -0.39 is 0 Å². The number of hydrogen-bond donors (Lipinski definition) is 0. The molecule has 0 heterocycles. The predicted octanol–water partition coefficient (Wildman–Crippen LogP) is 5.00. The molecular weight excluding hydrogens is 400 g/mol. The first kappa shape index (κ1) is 16.0. The molecule has 0 fully saturated rings. The molecule has 0 N–H and O–H groups in total. The van der Waals surface area contributed by atoms with E-state index in [2.05, 4.69) is 31.9 Å². The van der Waals surface area contributed by atoms with Gasteiger partial charge in [-0.2, -0.15) is 0 Å². The number of hydrogen-bond acceptors (Lipinski definition) is 3. The van der Waals surface area contributed by atoms with Gasteiger partial charge in [-0.05, 0) is 59.3 Å². The first-order valence-electron chi connectivity index (χ1n) is 6.27. The van der Waals surface area contributed by atoms with Crippen molar-refractivity contribution in [2.45, 2.75) is 13.5 Å². The zero-order valence-electron chi connectivity index (χ0n) is 11.7. The minimum atomic E-state index is 0.0173. The Hall–Kier alpha value is -1.33. The number of benzene rings is 2. The van der Waals surface area contributed by atoms with Crippen molar-refractivity contribution in [1.82, 2.24) is 0 Å². The summed E-state index contributed by atoms with van der Waals surface area (Å²) in [6, 6.07) is 11.0. The van der Waals surface area contributed by atoms with Crippen LogP contribution in [0.25, 0.3) is 0 Å². The molecule has 0 saturated carbocycles. The van der Waals surface area contributed by atoms with Crippen LogP contribution >= 0.6 is 31.9 Å². The first-order chi connectivity index (χ1) is 10.0. The standard InChI is InChI=1S/C16H14Br2O3/c1-10(19)11-3-5-15(20-2)12(7-11)9-21-16-6-4-13(17)8-14(16)18/h3-8H,9H2,1-2H3. The molecule has 0 saturated heterocycles. The monoisotopic (exact) mass is 412 g/mol. The summed E-state index contributed by atoms with van der Waals surface area (Å²) in [6.07, 6.45) is 0. The fourth-order valence-corrected chi connectivity index (χ4v) is 3.02. The van der Waals surface area contributed by atoms with Crippen molar-refractivity contribution in [1.29, 1.82) is 0 Å². The Bertz CT molecular complexity index is 669. The highest BCUT2D eigenvalue weighted by Gasteiger charge is 2.09. The third kappa shape index (κ3) is 4.08. The maximum absolute atomic E-state index is 11.5. The lowest BCUT2D eigenvalue weighted by Gasteiger charge is -2.12. The lowest BCUT2D eigenvalue weighted by atomic mass is 10.1. The van der Waals surface area contributed by atoms with Crippen LogP contribution in [0.5, 0.6) is 11.5 Å². The summed E-state index contributed by atoms with van der Waals surface area (Å²) in [4.78, 5) is 11.5. The molecule has 0 bridgehead atoms. The van der Waals surface area contributed by atoms with Crippen molar-refractivity contribution in [3.8, 4) is 11.5 Å². The van der Waals surface area contributed by atoms with Crippen molar-refractivity contribution >= 4 is 37.6 Å². The van der Waals surface area contributed by atoms with Gasteiger partial charge in [0.25, 0.3) is 0 Å². The van der Waals surface area contributed by atoms with Crippen LogP contribution in [-0.2, 0) is 6.61 Å². The second-order valence-corrected chi connectivity index (χ2v) is 6.22. The van der Waals surface area contributed by atoms with Crippen molar-refractivity contribution in [3.63, 3.8) is 0 Å². The largest absolute Gasteiger partial charge is 0.496 e. The van der Waals surface area contributed by atoms with Crippen LogP contribution < -0.4 is 9.47 Å². The summed E-state index contributed by atoms with van der Waals surface area (Å²) in [5, 5.41) is 0. The van der Waals surface area contributed by atoms with Crippen LogP contribution in [0, 0.1) is 0 Å². The molecule has 2 aromatic rings. The van der Waals surface area contributed by atoms with E-state index in [-0.39, 0.29) is 5.78 Å². The van der Waals surface area contributed by atoms with E-state index in [4.69, 9.17) is 9.47 Å². The summed E-state index contributed by atoms with van der Waals surface area (Å²) in [5.74, 6) is 1.45. The van der Waals surface area contributed by atoms with E-state index in [0.29, 0.717) is 17.9 Å². The van der Waals surface area contributed by atoms with Crippen LogP contribution in [0.2, 0.25) is 0 Å². The maximum atomic E-state index is 11.5. The van der Waals surface area contributed by atoms with Gasteiger partial charge in [-0.25, -0.2) is 0 Å². The lowest BCUT2D eigenvalue weighted by Crippen LogP contribution is -2.02. The predicted molar refractivity (Wildman–Crippen MR) is 89.2 cm³/mol. The average Bonchev–Trinajstić information content (AvgIpc) is 2.46. The Morgan fingerprint density at radius 2 is 1.81 bits per heavy atom. The number of carbonyl (C=O) groups is 1. The van der Waals surface area contributed by atoms with Crippen LogP contribution in [0.3, 0.4) is 0 Å². The summed E-state index contributed by atoms with van der Waals surface area (Å²) >= 11 is 6.85. The number of halogens is 2. The maximum Gasteiger partial charge on any atom is 0.159 e. The molecule has 0 aliphatic rings. The number of ketones is 1.